The van der Waals surface area contributed by atoms with Crippen molar-refractivity contribution in [1.82, 2.24) is 0 Å². The largest absolute Gasteiger partial charge is 0.543 e. The second-order valence-electron chi connectivity index (χ2n) is 3.78. The Bertz CT molecular complexity index is 323. The van der Waals surface area contributed by atoms with Crippen molar-refractivity contribution in [2.24, 2.45) is 0 Å². The molecule has 1 rings (SSSR count). The monoisotopic (exact) mass is 270 g/mol. The zero-order chi connectivity index (χ0) is 10.6. The highest BCUT2D eigenvalue weighted by atomic mass is 79.9. The Labute approximate surface area is 95.1 Å². The van der Waals surface area contributed by atoms with Crippen LogP contribution in [0.2, 0.25) is 19.1 Å². The number of halogens is 1. The molecule has 0 spiro atoms. The van der Waals surface area contributed by atoms with Crippen molar-refractivity contribution in [1.29, 1.82) is 0 Å². The molecule has 0 N–H and O–H groups in total. The Morgan fingerprint density at radius 2 is 2.07 bits per heavy atom. The topological polar surface area (TPSA) is 9.23 Å². The third-order valence-electron chi connectivity index (χ3n) is 1.86. The van der Waals surface area contributed by atoms with Gasteiger partial charge in [-0.2, -0.15) is 0 Å². The number of hydrogen-bond acceptors (Lipinski definition) is 1. The Morgan fingerprint density at radius 1 is 1.43 bits per heavy atom. The highest BCUT2D eigenvalue weighted by Crippen LogP contribution is 2.27. The van der Waals surface area contributed by atoms with Crippen LogP contribution in [-0.4, -0.2) is 8.32 Å². The summed E-state index contributed by atoms with van der Waals surface area (Å²) in [6.45, 7) is 8.13. The van der Waals surface area contributed by atoms with Crippen LogP contribution in [0.1, 0.15) is 0 Å². The van der Waals surface area contributed by atoms with Crippen LogP contribution in [0, 0.1) is 0 Å². The molecular weight excluding hydrogens is 256 g/mol. The first-order chi connectivity index (χ1) is 6.55. The number of benzene rings is 1. The molecule has 14 heavy (non-hydrogen) atoms. The molecule has 0 saturated heterocycles. The molecule has 0 aliphatic heterocycles. The van der Waals surface area contributed by atoms with Crippen molar-refractivity contribution in [2.45, 2.75) is 19.1 Å². The summed E-state index contributed by atoms with van der Waals surface area (Å²) >= 11 is 3.47. The van der Waals surface area contributed by atoms with Gasteiger partial charge in [0.1, 0.15) is 5.75 Å². The average molecular weight is 271 g/mol. The standard InChI is InChI=1S/C11H15BrOSi/c1-4-9-14(2,3)13-11-8-6-5-7-10(11)12/h4-8H,1,9H2,2-3H3. The lowest BCUT2D eigenvalue weighted by Gasteiger charge is -2.23. The molecule has 0 aliphatic carbocycles. The molecule has 0 aromatic heterocycles. The van der Waals surface area contributed by atoms with Crippen LogP contribution in [0.3, 0.4) is 0 Å². The molecule has 0 aliphatic rings. The molecule has 0 bridgehead atoms. The first-order valence-electron chi connectivity index (χ1n) is 4.59. The van der Waals surface area contributed by atoms with E-state index in [1.807, 2.05) is 30.3 Å². The van der Waals surface area contributed by atoms with Gasteiger partial charge in [-0.3, -0.25) is 0 Å². The van der Waals surface area contributed by atoms with Gasteiger partial charge in [-0.15, -0.1) is 6.58 Å². The van der Waals surface area contributed by atoms with Gasteiger partial charge in [0.2, 0.25) is 8.32 Å². The molecule has 0 heterocycles. The van der Waals surface area contributed by atoms with Gasteiger partial charge >= 0.3 is 0 Å². The molecule has 0 saturated carbocycles. The van der Waals surface area contributed by atoms with Gasteiger partial charge in [-0.1, -0.05) is 18.2 Å². The van der Waals surface area contributed by atoms with Gasteiger partial charge in [0, 0.05) is 0 Å². The van der Waals surface area contributed by atoms with Gasteiger partial charge in [0.25, 0.3) is 0 Å². The van der Waals surface area contributed by atoms with Crippen molar-refractivity contribution in [3.8, 4) is 5.75 Å². The van der Waals surface area contributed by atoms with Crippen LogP contribution in [0.5, 0.6) is 5.75 Å². The van der Waals surface area contributed by atoms with E-state index in [2.05, 4.69) is 35.6 Å². The van der Waals surface area contributed by atoms with Crippen molar-refractivity contribution in [3.05, 3.63) is 41.4 Å². The van der Waals surface area contributed by atoms with E-state index in [1.165, 1.54) is 0 Å². The van der Waals surface area contributed by atoms with Crippen LogP contribution in [-0.2, 0) is 0 Å². The molecule has 0 atom stereocenters. The number of rotatable bonds is 4. The lowest BCUT2D eigenvalue weighted by molar-refractivity contribution is 0.549. The van der Waals surface area contributed by atoms with Gasteiger partial charge in [-0.25, -0.2) is 0 Å². The van der Waals surface area contributed by atoms with E-state index in [9.17, 15) is 0 Å². The maximum Gasteiger partial charge on any atom is 0.248 e. The predicted molar refractivity (Wildman–Crippen MR) is 67.3 cm³/mol. The van der Waals surface area contributed by atoms with E-state index < -0.39 is 8.32 Å². The minimum atomic E-state index is -1.62. The summed E-state index contributed by atoms with van der Waals surface area (Å²) in [5, 5.41) is 0. The van der Waals surface area contributed by atoms with Gasteiger partial charge < -0.3 is 4.43 Å². The first kappa shape index (κ1) is 11.5. The molecule has 0 unspecified atom stereocenters. The number of allylic oxidation sites excluding steroid dienone is 1. The Kier molecular flexibility index (Phi) is 3.95. The highest BCUT2D eigenvalue weighted by Gasteiger charge is 2.23. The Balaban J connectivity index is 2.78. The van der Waals surface area contributed by atoms with Crippen LogP contribution in [0.4, 0.5) is 0 Å². The van der Waals surface area contributed by atoms with E-state index >= 15 is 0 Å². The van der Waals surface area contributed by atoms with E-state index in [4.69, 9.17) is 4.43 Å². The van der Waals surface area contributed by atoms with Crippen LogP contribution < -0.4 is 4.43 Å². The molecule has 0 radical (unpaired) electrons. The minimum absolute atomic E-state index is 0.936. The first-order valence-corrected chi connectivity index (χ1v) is 8.50. The summed E-state index contributed by atoms with van der Waals surface area (Å²) in [4.78, 5) is 0. The average Bonchev–Trinajstić information content (AvgIpc) is 2.08. The second-order valence-corrected chi connectivity index (χ2v) is 8.77. The van der Waals surface area contributed by atoms with E-state index in [-0.39, 0.29) is 0 Å². The normalized spacial score (nSPS) is 11.1. The lowest BCUT2D eigenvalue weighted by Crippen LogP contribution is -2.33. The number of para-hydroxylation sites is 1. The van der Waals surface area contributed by atoms with E-state index in [1.54, 1.807) is 0 Å². The maximum atomic E-state index is 5.99. The highest BCUT2D eigenvalue weighted by molar-refractivity contribution is 9.10. The Morgan fingerprint density at radius 3 is 2.64 bits per heavy atom. The van der Waals surface area contributed by atoms with Crippen LogP contribution in [0.25, 0.3) is 0 Å². The summed E-state index contributed by atoms with van der Waals surface area (Å²) in [6.07, 6.45) is 1.93. The molecular formula is C11H15BrOSi. The minimum Gasteiger partial charge on any atom is -0.543 e. The Hall–Kier alpha value is -0.543. The molecule has 1 aromatic rings. The van der Waals surface area contributed by atoms with Gasteiger partial charge in [-0.05, 0) is 47.2 Å². The van der Waals surface area contributed by atoms with Crippen molar-refractivity contribution in [2.75, 3.05) is 0 Å². The molecule has 0 amide bonds. The third-order valence-corrected chi connectivity index (χ3v) is 4.56. The summed E-state index contributed by atoms with van der Waals surface area (Å²) < 4.78 is 7.01. The third kappa shape index (κ3) is 3.31. The van der Waals surface area contributed by atoms with Gasteiger partial charge in [0.05, 0.1) is 4.47 Å². The zero-order valence-corrected chi connectivity index (χ0v) is 11.2. The number of hydrogen-bond donors (Lipinski definition) is 0. The summed E-state index contributed by atoms with van der Waals surface area (Å²) in [5.74, 6) is 0.936. The van der Waals surface area contributed by atoms with Crippen LogP contribution >= 0.6 is 15.9 Å². The van der Waals surface area contributed by atoms with Crippen molar-refractivity contribution in [3.63, 3.8) is 0 Å². The maximum absolute atomic E-state index is 5.99. The zero-order valence-electron chi connectivity index (χ0n) is 8.59. The van der Waals surface area contributed by atoms with E-state index in [0.717, 1.165) is 16.3 Å². The second kappa shape index (κ2) is 4.80. The van der Waals surface area contributed by atoms with Gasteiger partial charge in [0.15, 0.2) is 0 Å². The summed E-state index contributed by atoms with van der Waals surface area (Å²) in [6, 6.07) is 8.92. The summed E-state index contributed by atoms with van der Waals surface area (Å²) in [5.41, 5.74) is 0. The van der Waals surface area contributed by atoms with Crippen LogP contribution in [0.15, 0.2) is 41.4 Å². The lowest BCUT2D eigenvalue weighted by atomic mass is 10.3. The molecule has 76 valence electrons. The fraction of sp³-hybridized carbons (Fsp3) is 0.273. The molecule has 3 heteroatoms. The molecule has 1 nitrogen and oxygen atoms in total. The fourth-order valence-corrected chi connectivity index (χ4v) is 3.28. The van der Waals surface area contributed by atoms with Crippen molar-refractivity contribution < 1.29 is 4.43 Å². The molecule has 0 fully saturated rings. The smallest absolute Gasteiger partial charge is 0.248 e. The SMILES string of the molecule is C=CC[Si](C)(C)Oc1ccccc1Br. The van der Waals surface area contributed by atoms with Crippen molar-refractivity contribution >= 4 is 24.2 Å². The predicted octanol–water partition coefficient (Wildman–Crippen LogP) is 4.22. The summed E-state index contributed by atoms with van der Waals surface area (Å²) in [7, 11) is -1.62. The quantitative estimate of drug-likeness (QED) is 0.588. The van der Waals surface area contributed by atoms with E-state index in [0.29, 0.717) is 0 Å². The fourth-order valence-electron chi connectivity index (χ4n) is 1.21. The molecule has 1 aromatic carbocycles.